The molecular weight excluding hydrogens is 348 g/mol. The topological polar surface area (TPSA) is 49.4 Å². The van der Waals surface area contributed by atoms with Gasteiger partial charge < -0.3 is 10.2 Å². The van der Waals surface area contributed by atoms with Crippen molar-refractivity contribution in [1.29, 1.82) is 0 Å². The first-order valence-corrected chi connectivity index (χ1v) is 9.86. The molecule has 2 atom stereocenters. The molecule has 146 valence electrons. The van der Waals surface area contributed by atoms with E-state index in [1.807, 2.05) is 54.3 Å². The predicted octanol–water partition coefficient (Wildman–Crippen LogP) is 4.77. The lowest BCUT2D eigenvalue weighted by Crippen LogP contribution is -2.42. The molecule has 2 amide bonds. The Hall–Kier alpha value is -2.88. The summed E-state index contributed by atoms with van der Waals surface area (Å²) in [6.45, 7) is 7.89. The van der Waals surface area contributed by atoms with Crippen molar-refractivity contribution in [2.24, 2.45) is 11.8 Å². The van der Waals surface area contributed by atoms with Crippen LogP contribution < -0.4 is 5.32 Å². The molecule has 0 aliphatic carbocycles. The average Bonchev–Trinajstić information content (AvgIpc) is 2.67. The van der Waals surface area contributed by atoms with Crippen LogP contribution in [0.4, 0.5) is 5.69 Å². The lowest BCUT2D eigenvalue weighted by molar-refractivity contribution is -0.111. The summed E-state index contributed by atoms with van der Waals surface area (Å²) in [7, 11) is 0. The average molecular weight is 377 g/mol. The van der Waals surface area contributed by atoms with Gasteiger partial charge in [-0.25, -0.2) is 0 Å². The van der Waals surface area contributed by atoms with Crippen LogP contribution in [0.1, 0.15) is 41.8 Å². The number of carbonyl (C=O) groups is 2. The number of amides is 2. The molecule has 0 radical (unpaired) electrons. The number of hydrogen-bond donors (Lipinski definition) is 1. The zero-order valence-electron chi connectivity index (χ0n) is 16.8. The number of nitrogens with zero attached hydrogens (tertiary/aromatic N) is 1. The summed E-state index contributed by atoms with van der Waals surface area (Å²) < 4.78 is 0. The van der Waals surface area contributed by atoms with Gasteiger partial charge in [-0.3, -0.25) is 9.59 Å². The fraction of sp³-hybridized carbons (Fsp3) is 0.333. The normalized spacial score (nSPS) is 19.6. The van der Waals surface area contributed by atoms with Crippen LogP contribution in [0.25, 0.3) is 6.08 Å². The third kappa shape index (κ3) is 5.10. The molecule has 1 aliphatic rings. The Morgan fingerprint density at radius 1 is 1.04 bits per heavy atom. The van der Waals surface area contributed by atoms with Gasteiger partial charge in [0, 0.05) is 30.4 Å². The van der Waals surface area contributed by atoms with Crippen LogP contribution in [0.15, 0.2) is 54.6 Å². The lowest BCUT2D eigenvalue weighted by atomic mass is 9.91. The summed E-state index contributed by atoms with van der Waals surface area (Å²) in [6.07, 6.45) is 4.44. The summed E-state index contributed by atoms with van der Waals surface area (Å²) in [4.78, 5) is 27.2. The van der Waals surface area contributed by atoms with Crippen molar-refractivity contribution in [3.8, 4) is 0 Å². The van der Waals surface area contributed by atoms with E-state index in [9.17, 15) is 9.59 Å². The summed E-state index contributed by atoms with van der Waals surface area (Å²) in [6, 6.07) is 15.2. The smallest absolute Gasteiger partial charge is 0.253 e. The molecular formula is C24H28N2O2. The molecule has 0 aromatic heterocycles. The quantitative estimate of drug-likeness (QED) is 0.782. The third-order valence-electron chi connectivity index (χ3n) is 5.13. The molecule has 1 saturated heterocycles. The second-order valence-corrected chi connectivity index (χ2v) is 7.92. The molecule has 3 rings (SSSR count). The van der Waals surface area contributed by atoms with Crippen LogP contribution in [0.5, 0.6) is 0 Å². The summed E-state index contributed by atoms with van der Waals surface area (Å²) in [5, 5.41) is 2.90. The molecule has 28 heavy (non-hydrogen) atoms. The van der Waals surface area contributed by atoms with Crippen LogP contribution in [0.2, 0.25) is 0 Å². The molecule has 1 aliphatic heterocycles. The first kappa shape index (κ1) is 19.9. The molecule has 4 heteroatoms. The van der Waals surface area contributed by atoms with E-state index in [-0.39, 0.29) is 11.8 Å². The highest BCUT2D eigenvalue weighted by Crippen LogP contribution is 2.24. The van der Waals surface area contributed by atoms with Crippen molar-refractivity contribution in [1.82, 2.24) is 4.90 Å². The van der Waals surface area contributed by atoms with Gasteiger partial charge in [-0.05, 0) is 54.5 Å². The Kier molecular flexibility index (Phi) is 6.30. The molecule has 2 aromatic carbocycles. The highest BCUT2D eigenvalue weighted by Gasteiger charge is 2.26. The molecule has 0 spiro atoms. The fourth-order valence-corrected chi connectivity index (χ4v) is 3.81. The molecule has 2 unspecified atom stereocenters. The number of benzene rings is 2. The summed E-state index contributed by atoms with van der Waals surface area (Å²) >= 11 is 0. The maximum atomic E-state index is 13.0. The van der Waals surface area contributed by atoms with Crippen LogP contribution in [0.3, 0.4) is 0 Å². The molecule has 0 bridgehead atoms. The first-order chi connectivity index (χ1) is 13.4. The minimum Gasteiger partial charge on any atom is -0.338 e. The van der Waals surface area contributed by atoms with Gasteiger partial charge >= 0.3 is 0 Å². The fourth-order valence-electron chi connectivity index (χ4n) is 3.81. The highest BCUT2D eigenvalue weighted by atomic mass is 16.2. The number of hydrogen-bond acceptors (Lipinski definition) is 2. The Morgan fingerprint density at radius 2 is 1.71 bits per heavy atom. The Balaban J connectivity index is 1.71. The lowest BCUT2D eigenvalue weighted by Gasteiger charge is -2.35. The largest absolute Gasteiger partial charge is 0.338 e. The number of anilines is 1. The van der Waals surface area contributed by atoms with E-state index >= 15 is 0 Å². The molecule has 1 heterocycles. The molecule has 0 saturated carbocycles. The van der Waals surface area contributed by atoms with E-state index in [1.165, 1.54) is 6.08 Å². The molecule has 1 N–H and O–H groups in total. The van der Waals surface area contributed by atoms with Gasteiger partial charge in [-0.1, -0.05) is 50.2 Å². The number of likely N-dealkylation sites (tertiary alicyclic amines) is 1. The summed E-state index contributed by atoms with van der Waals surface area (Å²) in [5.74, 6) is 0.853. The Morgan fingerprint density at radius 3 is 2.39 bits per heavy atom. The maximum Gasteiger partial charge on any atom is 0.253 e. The third-order valence-corrected chi connectivity index (χ3v) is 5.13. The minimum absolute atomic E-state index is 0.0359. The molecule has 1 fully saturated rings. The van der Waals surface area contributed by atoms with E-state index in [2.05, 4.69) is 19.2 Å². The van der Waals surface area contributed by atoms with Gasteiger partial charge in [0.25, 0.3) is 5.91 Å². The van der Waals surface area contributed by atoms with Crippen LogP contribution >= 0.6 is 0 Å². The van der Waals surface area contributed by atoms with Gasteiger partial charge in [0.15, 0.2) is 0 Å². The van der Waals surface area contributed by atoms with Crippen LogP contribution in [0, 0.1) is 18.8 Å². The maximum absolute atomic E-state index is 13.0. The highest BCUT2D eigenvalue weighted by molar-refractivity contribution is 6.03. The first-order valence-electron chi connectivity index (χ1n) is 9.86. The van der Waals surface area contributed by atoms with Crippen molar-refractivity contribution in [3.63, 3.8) is 0 Å². The second kappa shape index (κ2) is 8.87. The zero-order chi connectivity index (χ0) is 20.1. The monoisotopic (exact) mass is 376 g/mol. The van der Waals surface area contributed by atoms with Crippen molar-refractivity contribution in [2.75, 3.05) is 18.4 Å². The van der Waals surface area contributed by atoms with Crippen molar-refractivity contribution in [2.45, 2.75) is 27.2 Å². The predicted molar refractivity (Wildman–Crippen MR) is 114 cm³/mol. The van der Waals surface area contributed by atoms with E-state index in [0.717, 1.165) is 30.6 Å². The summed E-state index contributed by atoms with van der Waals surface area (Å²) in [5.41, 5.74) is 3.19. The second-order valence-electron chi connectivity index (χ2n) is 7.92. The number of rotatable bonds is 4. The minimum atomic E-state index is -0.211. The van der Waals surface area contributed by atoms with Gasteiger partial charge in [0.2, 0.25) is 5.91 Å². The van der Waals surface area contributed by atoms with E-state index in [1.54, 1.807) is 12.1 Å². The Labute approximate surface area is 167 Å². The SMILES string of the molecule is Cc1ccc(C(=O)N2CC(C)CC(C)C2)cc1NC(=O)C=Cc1ccccc1. The molecule has 2 aromatic rings. The van der Waals surface area contributed by atoms with Gasteiger partial charge in [0.05, 0.1) is 0 Å². The number of carbonyl (C=O) groups excluding carboxylic acids is 2. The van der Waals surface area contributed by atoms with E-state index in [4.69, 9.17) is 0 Å². The van der Waals surface area contributed by atoms with Crippen molar-refractivity contribution in [3.05, 3.63) is 71.3 Å². The van der Waals surface area contributed by atoms with E-state index < -0.39 is 0 Å². The van der Waals surface area contributed by atoms with Crippen molar-refractivity contribution >= 4 is 23.6 Å². The van der Waals surface area contributed by atoms with Gasteiger partial charge in [0.1, 0.15) is 0 Å². The van der Waals surface area contributed by atoms with Gasteiger partial charge in [-0.15, -0.1) is 0 Å². The Bertz CT molecular complexity index is 863. The standard InChI is InChI=1S/C24H28N2O2/c1-17-13-18(2)16-26(15-17)24(28)21-11-9-19(3)22(14-21)25-23(27)12-10-20-7-5-4-6-8-20/h4-12,14,17-18H,13,15-16H2,1-3H3,(H,25,27). The number of aryl methyl sites for hydroxylation is 1. The van der Waals surface area contributed by atoms with Crippen LogP contribution in [-0.2, 0) is 4.79 Å². The number of piperidine rings is 1. The number of nitrogens with one attached hydrogen (secondary N) is 1. The van der Waals surface area contributed by atoms with Crippen molar-refractivity contribution < 1.29 is 9.59 Å². The zero-order valence-corrected chi connectivity index (χ0v) is 16.8. The molecule has 4 nitrogen and oxygen atoms in total. The van der Waals surface area contributed by atoms with Crippen LogP contribution in [-0.4, -0.2) is 29.8 Å². The van der Waals surface area contributed by atoms with E-state index in [0.29, 0.717) is 23.1 Å². The van der Waals surface area contributed by atoms with Gasteiger partial charge in [-0.2, -0.15) is 0 Å².